The topological polar surface area (TPSA) is 61.8 Å². The smallest absolute Gasteiger partial charge is 0.274 e. The van der Waals surface area contributed by atoms with Crippen molar-refractivity contribution >= 4 is 25.1 Å². The molecule has 1 aliphatic rings. The largest absolute Gasteiger partial charge is 0.488 e. The summed E-state index contributed by atoms with van der Waals surface area (Å²) in [5, 5.41) is 8.74. The molecule has 0 aromatic heterocycles. The molecule has 1 amide bonds. The first kappa shape index (κ1) is 17.2. The van der Waals surface area contributed by atoms with Gasteiger partial charge in [-0.25, -0.2) is 5.48 Å². The Kier molecular flexibility index (Phi) is 5.52. The van der Waals surface area contributed by atoms with Crippen molar-refractivity contribution in [2.75, 3.05) is 11.4 Å². The molecule has 0 fully saturated rings. The van der Waals surface area contributed by atoms with Gasteiger partial charge in [0.15, 0.2) is 0 Å². The average Bonchev–Trinajstić information content (AvgIpc) is 2.72. The standard InChI is InChI=1S/C17H18N2O3.H2S/c1-12-10-19(15-5-3-2-4-6-15)11-14-8-7-13(17(20)18-21)9-16(14)22-12;/h2-9,12,21H,10-11H2,1H3,(H,18,20);1H2/t12-;/m0./s1. The Morgan fingerprint density at radius 2 is 2.00 bits per heavy atom. The van der Waals surface area contributed by atoms with Gasteiger partial charge in [-0.1, -0.05) is 24.3 Å². The van der Waals surface area contributed by atoms with Crippen LogP contribution in [0, 0.1) is 0 Å². The summed E-state index contributed by atoms with van der Waals surface area (Å²) in [6.07, 6.45) is -0.00565. The van der Waals surface area contributed by atoms with Crippen LogP contribution in [0.3, 0.4) is 0 Å². The summed E-state index contributed by atoms with van der Waals surface area (Å²) in [5.74, 6) is 0.148. The van der Waals surface area contributed by atoms with Gasteiger partial charge >= 0.3 is 0 Å². The Balaban J connectivity index is 0.00000192. The van der Waals surface area contributed by atoms with Gasteiger partial charge in [0.05, 0.1) is 6.54 Å². The van der Waals surface area contributed by atoms with E-state index in [1.807, 2.05) is 31.2 Å². The number of fused-ring (bicyclic) bond motifs is 1. The van der Waals surface area contributed by atoms with E-state index in [4.69, 9.17) is 9.94 Å². The van der Waals surface area contributed by atoms with Gasteiger partial charge in [0.2, 0.25) is 0 Å². The molecule has 5 nitrogen and oxygen atoms in total. The molecule has 1 heterocycles. The van der Waals surface area contributed by atoms with Crippen molar-refractivity contribution in [2.45, 2.75) is 19.6 Å². The van der Waals surface area contributed by atoms with E-state index >= 15 is 0 Å². The van der Waals surface area contributed by atoms with E-state index < -0.39 is 5.91 Å². The fourth-order valence-electron chi connectivity index (χ4n) is 2.67. The number of nitrogens with zero attached hydrogens (tertiary/aromatic N) is 1. The summed E-state index contributed by atoms with van der Waals surface area (Å²) in [5.41, 5.74) is 4.18. The molecule has 0 saturated heterocycles. The van der Waals surface area contributed by atoms with Crippen LogP contribution in [0.2, 0.25) is 0 Å². The molecule has 1 aliphatic heterocycles. The summed E-state index contributed by atoms with van der Waals surface area (Å²) in [7, 11) is 0. The van der Waals surface area contributed by atoms with Crippen LogP contribution in [0.15, 0.2) is 48.5 Å². The molecule has 6 heteroatoms. The van der Waals surface area contributed by atoms with E-state index in [1.165, 1.54) is 0 Å². The van der Waals surface area contributed by atoms with Crippen molar-refractivity contribution < 1.29 is 14.7 Å². The molecule has 2 aromatic carbocycles. The van der Waals surface area contributed by atoms with Crippen LogP contribution < -0.4 is 15.1 Å². The van der Waals surface area contributed by atoms with Gasteiger partial charge in [-0.2, -0.15) is 13.5 Å². The normalized spacial score (nSPS) is 16.4. The summed E-state index contributed by atoms with van der Waals surface area (Å²) >= 11 is 0. The van der Waals surface area contributed by atoms with E-state index in [0.29, 0.717) is 17.9 Å². The number of benzene rings is 2. The molecule has 0 radical (unpaired) electrons. The number of amides is 1. The third-order valence-electron chi connectivity index (χ3n) is 3.72. The lowest BCUT2D eigenvalue weighted by Gasteiger charge is -2.24. The number of para-hydroxylation sites is 1. The number of nitrogens with one attached hydrogen (secondary N) is 1. The van der Waals surface area contributed by atoms with Crippen molar-refractivity contribution in [1.82, 2.24) is 5.48 Å². The van der Waals surface area contributed by atoms with Gasteiger partial charge in [0.1, 0.15) is 11.9 Å². The maximum absolute atomic E-state index is 11.5. The highest BCUT2D eigenvalue weighted by atomic mass is 32.1. The number of carbonyl (C=O) groups excluding carboxylic acids is 1. The van der Waals surface area contributed by atoms with Gasteiger partial charge < -0.3 is 9.64 Å². The number of carbonyl (C=O) groups is 1. The van der Waals surface area contributed by atoms with E-state index in [2.05, 4.69) is 17.0 Å². The zero-order valence-corrected chi connectivity index (χ0v) is 13.8. The lowest BCUT2D eigenvalue weighted by molar-refractivity contribution is 0.0705. The summed E-state index contributed by atoms with van der Waals surface area (Å²) in [4.78, 5) is 13.8. The first-order chi connectivity index (χ1) is 10.7. The van der Waals surface area contributed by atoms with Gasteiger partial charge in [-0.3, -0.25) is 10.0 Å². The molecule has 23 heavy (non-hydrogen) atoms. The van der Waals surface area contributed by atoms with Crippen LogP contribution in [-0.2, 0) is 6.54 Å². The molecule has 1 atom stereocenters. The lowest BCUT2D eigenvalue weighted by Crippen LogP contribution is -2.30. The van der Waals surface area contributed by atoms with Crippen molar-refractivity contribution in [3.63, 3.8) is 0 Å². The Morgan fingerprint density at radius 1 is 1.26 bits per heavy atom. The van der Waals surface area contributed by atoms with Gasteiger partial charge in [-0.05, 0) is 31.2 Å². The van der Waals surface area contributed by atoms with E-state index in [-0.39, 0.29) is 19.6 Å². The first-order valence-electron chi connectivity index (χ1n) is 7.21. The molecule has 0 spiro atoms. The fraction of sp³-hybridized carbons (Fsp3) is 0.235. The minimum atomic E-state index is -0.539. The Labute approximate surface area is 142 Å². The monoisotopic (exact) mass is 332 g/mol. The molecule has 122 valence electrons. The van der Waals surface area contributed by atoms with Crippen molar-refractivity contribution in [1.29, 1.82) is 0 Å². The first-order valence-corrected chi connectivity index (χ1v) is 7.21. The number of hydrogen-bond acceptors (Lipinski definition) is 4. The highest BCUT2D eigenvalue weighted by molar-refractivity contribution is 7.59. The molecule has 2 N–H and O–H groups in total. The molecule has 0 saturated carbocycles. The van der Waals surface area contributed by atoms with E-state index in [0.717, 1.165) is 17.8 Å². The predicted octanol–water partition coefficient (Wildman–Crippen LogP) is 2.71. The zero-order valence-electron chi connectivity index (χ0n) is 12.8. The maximum Gasteiger partial charge on any atom is 0.274 e. The maximum atomic E-state index is 11.5. The molecule has 0 bridgehead atoms. The number of anilines is 1. The second-order valence-electron chi connectivity index (χ2n) is 5.41. The van der Waals surface area contributed by atoms with Crippen molar-refractivity contribution in [3.8, 4) is 5.75 Å². The predicted molar refractivity (Wildman–Crippen MR) is 93.7 cm³/mol. The van der Waals surface area contributed by atoms with Gasteiger partial charge in [-0.15, -0.1) is 0 Å². The summed E-state index contributed by atoms with van der Waals surface area (Å²) in [6.45, 7) is 3.48. The lowest BCUT2D eigenvalue weighted by atomic mass is 10.1. The number of ether oxygens (including phenoxy) is 1. The molecule has 0 unspecified atom stereocenters. The van der Waals surface area contributed by atoms with Crippen LogP contribution in [0.25, 0.3) is 0 Å². The minimum Gasteiger partial charge on any atom is -0.488 e. The van der Waals surface area contributed by atoms with Crippen LogP contribution >= 0.6 is 13.5 Å². The minimum absolute atomic E-state index is 0. The van der Waals surface area contributed by atoms with Crippen LogP contribution in [0.1, 0.15) is 22.8 Å². The molecule has 3 rings (SSSR count). The third kappa shape index (κ3) is 3.78. The summed E-state index contributed by atoms with van der Waals surface area (Å²) < 4.78 is 5.94. The van der Waals surface area contributed by atoms with Crippen LogP contribution in [0.4, 0.5) is 5.69 Å². The Hall–Kier alpha value is -2.18. The second kappa shape index (κ2) is 7.39. The second-order valence-corrected chi connectivity index (χ2v) is 5.41. The number of rotatable bonds is 2. The average molecular weight is 332 g/mol. The SMILES string of the molecule is C[C@H]1CN(c2ccccc2)Cc2ccc(C(=O)NO)cc2O1.S. The highest BCUT2D eigenvalue weighted by Gasteiger charge is 2.21. The van der Waals surface area contributed by atoms with Crippen molar-refractivity contribution in [3.05, 3.63) is 59.7 Å². The fourth-order valence-corrected chi connectivity index (χ4v) is 2.67. The van der Waals surface area contributed by atoms with Crippen LogP contribution in [0.5, 0.6) is 5.75 Å². The quantitative estimate of drug-likeness (QED) is 0.656. The molecular formula is C17H20N2O3S. The highest BCUT2D eigenvalue weighted by Crippen LogP contribution is 2.29. The Morgan fingerprint density at radius 3 is 2.70 bits per heavy atom. The number of hydroxylamine groups is 1. The zero-order chi connectivity index (χ0) is 15.5. The third-order valence-corrected chi connectivity index (χ3v) is 3.72. The van der Waals surface area contributed by atoms with E-state index in [9.17, 15) is 4.79 Å². The molecule has 2 aromatic rings. The van der Waals surface area contributed by atoms with Crippen molar-refractivity contribution in [2.24, 2.45) is 0 Å². The van der Waals surface area contributed by atoms with Gasteiger partial charge in [0, 0.05) is 23.4 Å². The summed E-state index contributed by atoms with van der Waals surface area (Å²) in [6, 6.07) is 15.4. The molecule has 0 aliphatic carbocycles. The number of hydrogen-bond donors (Lipinski definition) is 2. The van der Waals surface area contributed by atoms with Gasteiger partial charge in [0.25, 0.3) is 5.91 Å². The van der Waals surface area contributed by atoms with Crippen LogP contribution in [-0.4, -0.2) is 23.8 Å². The molecular weight excluding hydrogens is 312 g/mol. The van der Waals surface area contributed by atoms with E-state index in [1.54, 1.807) is 17.6 Å². The Bertz CT molecular complexity index is 679.